The zero-order valence-electron chi connectivity index (χ0n) is 14.1. The molecule has 1 aromatic rings. The summed E-state index contributed by atoms with van der Waals surface area (Å²) >= 11 is 0. The van der Waals surface area contributed by atoms with E-state index in [-0.39, 0.29) is 11.8 Å². The Morgan fingerprint density at radius 3 is 2.35 bits per heavy atom. The summed E-state index contributed by atoms with van der Waals surface area (Å²) in [5, 5.41) is 3.14. The van der Waals surface area contributed by atoms with Crippen LogP contribution in [0.3, 0.4) is 0 Å². The highest BCUT2D eigenvalue weighted by Gasteiger charge is 2.16. The molecule has 1 saturated carbocycles. The summed E-state index contributed by atoms with van der Waals surface area (Å²) in [4.78, 5) is 25.7. The van der Waals surface area contributed by atoms with E-state index in [1.165, 1.54) is 25.7 Å². The van der Waals surface area contributed by atoms with E-state index in [9.17, 15) is 9.59 Å². The van der Waals surface area contributed by atoms with E-state index in [2.05, 4.69) is 5.32 Å². The number of hydrogen-bond donors (Lipinski definition) is 1. The number of nitrogens with zero attached hydrogens (tertiary/aromatic N) is 1. The molecule has 0 atom stereocenters. The molecule has 0 unspecified atom stereocenters. The first-order chi connectivity index (χ1) is 11.1. The molecule has 2 amide bonds. The van der Waals surface area contributed by atoms with Crippen molar-refractivity contribution in [3.8, 4) is 0 Å². The van der Waals surface area contributed by atoms with Crippen LogP contribution in [-0.4, -0.2) is 29.3 Å². The van der Waals surface area contributed by atoms with Crippen molar-refractivity contribution in [2.45, 2.75) is 64.5 Å². The molecule has 126 valence electrons. The largest absolute Gasteiger partial charge is 0.353 e. The van der Waals surface area contributed by atoms with Crippen molar-refractivity contribution in [1.82, 2.24) is 10.2 Å². The number of hydrogen-bond acceptors (Lipinski definition) is 2. The third-order valence-electron chi connectivity index (χ3n) is 4.49. The molecule has 1 aromatic carbocycles. The number of benzene rings is 1. The van der Waals surface area contributed by atoms with Crippen molar-refractivity contribution in [1.29, 1.82) is 0 Å². The van der Waals surface area contributed by atoms with Crippen LogP contribution in [0.25, 0.3) is 0 Å². The normalized spacial score (nSPS) is 15.7. The zero-order chi connectivity index (χ0) is 16.5. The standard InChI is InChI=1S/C19H28N2O2/c1-16(22)21(15-17-9-5-4-6-10-17)14-13-19(23)20-18-11-7-2-3-8-12-18/h4-6,9-10,18H,2-3,7-8,11-15H2,1H3,(H,20,23). The molecule has 1 N–H and O–H groups in total. The molecule has 4 nitrogen and oxygen atoms in total. The molecule has 0 aliphatic heterocycles. The Balaban J connectivity index is 1.78. The minimum absolute atomic E-state index is 0.0103. The summed E-state index contributed by atoms with van der Waals surface area (Å²) in [6, 6.07) is 10.2. The van der Waals surface area contributed by atoms with Crippen molar-refractivity contribution in [2.24, 2.45) is 0 Å². The van der Waals surface area contributed by atoms with Gasteiger partial charge in [0.2, 0.25) is 11.8 Å². The number of carbonyl (C=O) groups is 2. The Kier molecular flexibility index (Phi) is 7.11. The summed E-state index contributed by atoms with van der Waals surface area (Å²) in [6.45, 7) is 2.60. The van der Waals surface area contributed by atoms with Gasteiger partial charge in [-0.3, -0.25) is 9.59 Å². The lowest BCUT2D eigenvalue weighted by atomic mass is 10.1. The van der Waals surface area contributed by atoms with Gasteiger partial charge in [0, 0.05) is 32.5 Å². The molecule has 1 aliphatic rings. The van der Waals surface area contributed by atoms with Gasteiger partial charge in [-0.15, -0.1) is 0 Å². The van der Waals surface area contributed by atoms with Gasteiger partial charge in [0.1, 0.15) is 0 Å². The maximum atomic E-state index is 12.2. The molecule has 2 rings (SSSR count). The highest BCUT2D eigenvalue weighted by atomic mass is 16.2. The van der Waals surface area contributed by atoms with Crippen molar-refractivity contribution in [2.75, 3.05) is 6.54 Å². The highest BCUT2D eigenvalue weighted by molar-refractivity contribution is 5.78. The molecule has 4 heteroatoms. The van der Waals surface area contributed by atoms with Gasteiger partial charge in [-0.1, -0.05) is 56.0 Å². The number of amides is 2. The molecule has 0 radical (unpaired) electrons. The summed E-state index contributed by atoms with van der Waals surface area (Å²) < 4.78 is 0. The fraction of sp³-hybridized carbons (Fsp3) is 0.579. The Morgan fingerprint density at radius 2 is 1.74 bits per heavy atom. The third kappa shape index (κ3) is 6.43. The lowest BCUT2D eigenvalue weighted by Gasteiger charge is -2.22. The molecule has 1 fully saturated rings. The second-order valence-corrected chi connectivity index (χ2v) is 6.43. The number of nitrogens with one attached hydrogen (secondary N) is 1. The van der Waals surface area contributed by atoms with Gasteiger partial charge in [-0.25, -0.2) is 0 Å². The average Bonchev–Trinajstić information content (AvgIpc) is 2.80. The van der Waals surface area contributed by atoms with Crippen LogP contribution in [0, 0.1) is 0 Å². The quantitative estimate of drug-likeness (QED) is 0.819. The predicted octanol–water partition coefficient (Wildman–Crippen LogP) is 3.26. The van der Waals surface area contributed by atoms with E-state index in [1.807, 2.05) is 30.3 Å². The van der Waals surface area contributed by atoms with Crippen molar-refractivity contribution < 1.29 is 9.59 Å². The smallest absolute Gasteiger partial charge is 0.221 e. The summed E-state index contributed by atoms with van der Waals surface area (Å²) in [7, 11) is 0. The van der Waals surface area contributed by atoms with Gasteiger partial charge in [0.05, 0.1) is 0 Å². The van der Waals surface area contributed by atoms with Crippen LogP contribution in [0.15, 0.2) is 30.3 Å². The van der Waals surface area contributed by atoms with E-state index in [0.717, 1.165) is 18.4 Å². The van der Waals surface area contributed by atoms with Crippen molar-refractivity contribution in [3.63, 3.8) is 0 Å². The predicted molar refractivity (Wildman–Crippen MR) is 91.8 cm³/mol. The van der Waals surface area contributed by atoms with E-state index in [1.54, 1.807) is 11.8 Å². The topological polar surface area (TPSA) is 49.4 Å². The Morgan fingerprint density at radius 1 is 1.09 bits per heavy atom. The molecule has 0 aromatic heterocycles. The van der Waals surface area contributed by atoms with E-state index in [4.69, 9.17) is 0 Å². The molecule has 0 bridgehead atoms. The fourth-order valence-electron chi connectivity index (χ4n) is 3.11. The Bertz CT molecular complexity index is 493. The lowest BCUT2D eigenvalue weighted by Crippen LogP contribution is -2.37. The molecule has 1 aliphatic carbocycles. The second-order valence-electron chi connectivity index (χ2n) is 6.43. The first-order valence-corrected chi connectivity index (χ1v) is 8.74. The lowest BCUT2D eigenvalue weighted by molar-refractivity contribution is -0.130. The van der Waals surface area contributed by atoms with Gasteiger partial charge in [-0.2, -0.15) is 0 Å². The van der Waals surface area contributed by atoms with E-state index < -0.39 is 0 Å². The van der Waals surface area contributed by atoms with Crippen LogP contribution >= 0.6 is 0 Å². The maximum Gasteiger partial charge on any atom is 0.221 e. The van der Waals surface area contributed by atoms with Gasteiger partial charge in [0.25, 0.3) is 0 Å². The fourth-order valence-corrected chi connectivity index (χ4v) is 3.11. The SMILES string of the molecule is CC(=O)N(CCC(=O)NC1CCCCCC1)Cc1ccccc1. The molecule has 0 spiro atoms. The van der Waals surface area contributed by atoms with Gasteiger partial charge < -0.3 is 10.2 Å². The zero-order valence-corrected chi connectivity index (χ0v) is 14.1. The van der Waals surface area contributed by atoms with Gasteiger partial charge in [-0.05, 0) is 18.4 Å². The van der Waals surface area contributed by atoms with Crippen LogP contribution in [-0.2, 0) is 16.1 Å². The number of carbonyl (C=O) groups excluding carboxylic acids is 2. The molecule has 23 heavy (non-hydrogen) atoms. The van der Waals surface area contributed by atoms with Crippen LogP contribution in [0.2, 0.25) is 0 Å². The molecular weight excluding hydrogens is 288 g/mol. The van der Waals surface area contributed by atoms with Crippen molar-refractivity contribution in [3.05, 3.63) is 35.9 Å². The Labute approximate surface area is 139 Å². The highest BCUT2D eigenvalue weighted by Crippen LogP contribution is 2.17. The minimum Gasteiger partial charge on any atom is -0.353 e. The molecular formula is C19H28N2O2. The van der Waals surface area contributed by atoms with Crippen LogP contribution < -0.4 is 5.32 Å². The van der Waals surface area contributed by atoms with E-state index >= 15 is 0 Å². The van der Waals surface area contributed by atoms with Crippen molar-refractivity contribution >= 4 is 11.8 Å². The van der Waals surface area contributed by atoms with E-state index in [0.29, 0.717) is 25.6 Å². The first-order valence-electron chi connectivity index (χ1n) is 8.74. The Hall–Kier alpha value is -1.84. The maximum absolute atomic E-state index is 12.2. The first kappa shape index (κ1) is 17.5. The number of rotatable bonds is 6. The van der Waals surface area contributed by atoms with Crippen LogP contribution in [0.1, 0.15) is 57.4 Å². The van der Waals surface area contributed by atoms with Gasteiger partial charge >= 0.3 is 0 Å². The minimum atomic E-state index is 0.0103. The molecule has 0 heterocycles. The average molecular weight is 316 g/mol. The summed E-state index contributed by atoms with van der Waals surface area (Å²) in [5.41, 5.74) is 1.09. The molecule has 0 saturated heterocycles. The van der Waals surface area contributed by atoms with Gasteiger partial charge in [0.15, 0.2) is 0 Å². The van der Waals surface area contributed by atoms with Crippen LogP contribution in [0.4, 0.5) is 0 Å². The van der Waals surface area contributed by atoms with Crippen LogP contribution in [0.5, 0.6) is 0 Å². The second kappa shape index (κ2) is 9.33. The summed E-state index contributed by atoms with van der Waals surface area (Å²) in [6.07, 6.45) is 7.53. The third-order valence-corrected chi connectivity index (χ3v) is 4.49. The monoisotopic (exact) mass is 316 g/mol. The summed E-state index contributed by atoms with van der Waals surface area (Å²) in [5.74, 6) is 0.0762.